The lowest BCUT2D eigenvalue weighted by Crippen LogP contribution is -2.46. The molecule has 0 spiro atoms. The predicted molar refractivity (Wildman–Crippen MR) is 66.5 cm³/mol. The van der Waals surface area contributed by atoms with Crippen LogP contribution in [0, 0.1) is 5.92 Å². The van der Waals surface area contributed by atoms with Gasteiger partial charge in [0, 0.05) is 12.0 Å². The smallest absolute Gasteiger partial charge is 0.239 e. The highest BCUT2D eigenvalue weighted by atomic mass is 16.2. The van der Waals surface area contributed by atoms with Gasteiger partial charge in [0.05, 0.1) is 6.54 Å². The Bertz CT molecular complexity index is 278. The van der Waals surface area contributed by atoms with Gasteiger partial charge in [0.2, 0.25) is 11.8 Å². The van der Waals surface area contributed by atoms with Crippen molar-refractivity contribution >= 4 is 11.8 Å². The fourth-order valence-corrected chi connectivity index (χ4v) is 1.86. The lowest BCUT2D eigenvalue weighted by Gasteiger charge is -2.20. The van der Waals surface area contributed by atoms with E-state index in [0.717, 1.165) is 19.5 Å². The van der Waals surface area contributed by atoms with Gasteiger partial charge in [-0.05, 0) is 46.2 Å². The van der Waals surface area contributed by atoms with Crippen LogP contribution < -0.4 is 16.0 Å². The Morgan fingerprint density at radius 2 is 2.00 bits per heavy atom. The van der Waals surface area contributed by atoms with Crippen molar-refractivity contribution in [1.29, 1.82) is 0 Å². The molecule has 2 amide bonds. The first-order valence-corrected chi connectivity index (χ1v) is 6.15. The van der Waals surface area contributed by atoms with E-state index >= 15 is 0 Å². The van der Waals surface area contributed by atoms with E-state index in [4.69, 9.17) is 0 Å². The first-order valence-electron chi connectivity index (χ1n) is 6.15. The van der Waals surface area contributed by atoms with E-state index in [0.29, 0.717) is 12.3 Å². The largest absolute Gasteiger partial charge is 0.350 e. The molecular formula is C12H23N3O2. The molecule has 1 heterocycles. The van der Waals surface area contributed by atoms with E-state index in [1.807, 2.05) is 20.8 Å². The van der Waals surface area contributed by atoms with E-state index in [-0.39, 0.29) is 23.9 Å². The van der Waals surface area contributed by atoms with E-state index in [9.17, 15) is 9.59 Å². The SMILES string of the molecule is CC(C)(C)NC(=O)CNC(=O)CC1CCNC1. The molecule has 0 bridgehead atoms. The molecule has 1 rings (SSSR count). The number of hydrogen-bond acceptors (Lipinski definition) is 3. The molecule has 5 heteroatoms. The molecule has 1 atom stereocenters. The van der Waals surface area contributed by atoms with E-state index in [1.54, 1.807) is 0 Å². The highest BCUT2D eigenvalue weighted by Crippen LogP contribution is 2.11. The van der Waals surface area contributed by atoms with Gasteiger partial charge in [-0.1, -0.05) is 0 Å². The van der Waals surface area contributed by atoms with Crippen molar-refractivity contribution in [1.82, 2.24) is 16.0 Å². The van der Waals surface area contributed by atoms with Gasteiger partial charge in [0.1, 0.15) is 0 Å². The van der Waals surface area contributed by atoms with Crippen LogP contribution in [0.1, 0.15) is 33.6 Å². The molecule has 5 nitrogen and oxygen atoms in total. The summed E-state index contributed by atoms with van der Waals surface area (Å²) >= 11 is 0. The van der Waals surface area contributed by atoms with Gasteiger partial charge >= 0.3 is 0 Å². The van der Waals surface area contributed by atoms with Crippen molar-refractivity contribution in [3.63, 3.8) is 0 Å². The van der Waals surface area contributed by atoms with Gasteiger partial charge in [0.15, 0.2) is 0 Å². The molecule has 0 aliphatic carbocycles. The van der Waals surface area contributed by atoms with Gasteiger partial charge in [-0.15, -0.1) is 0 Å². The van der Waals surface area contributed by atoms with Gasteiger partial charge in [0.25, 0.3) is 0 Å². The van der Waals surface area contributed by atoms with E-state index in [2.05, 4.69) is 16.0 Å². The summed E-state index contributed by atoms with van der Waals surface area (Å²) in [5, 5.41) is 8.67. The summed E-state index contributed by atoms with van der Waals surface area (Å²) in [6.07, 6.45) is 1.55. The molecule has 98 valence electrons. The topological polar surface area (TPSA) is 70.2 Å². The Morgan fingerprint density at radius 1 is 1.29 bits per heavy atom. The summed E-state index contributed by atoms with van der Waals surface area (Å²) in [5.41, 5.74) is -0.253. The molecule has 17 heavy (non-hydrogen) atoms. The maximum absolute atomic E-state index is 11.6. The average Bonchev–Trinajstić information content (AvgIpc) is 2.64. The van der Waals surface area contributed by atoms with E-state index in [1.165, 1.54) is 0 Å². The normalized spacial score (nSPS) is 20.1. The third kappa shape index (κ3) is 6.26. The molecule has 1 saturated heterocycles. The van der Waals surface area contributed by atoms with Crippen LogP contribution >= 0.6 is 0 Å². The first kappa shape index (κ1) is 14.0. The lowest BCUT2D eigenvalue weighted by atomic mass is 10.0. The van der Waals surface area contributed by atoms with Crippen LogP contribution in [0.15, 0.2) is 0 Å². The Hall–Kier alpha value is -1.10. The third-order valence-corrected chi connectivity index (χ3v) is 2.60. The van der Waals surface area contributed by atoms with Crippen molar-refractivity contribution in [3.05, 3.63) is 0 Å². The minimum atomic E-state index is -0.253. The van der Waals surface area contributed by atoms with Crippen molar-refractivity contribution in [2.45, 2.75) is 39.2 Å². The minimum absolute atomic E-state index is 0.0391. The van der Waals surface area contributed by atoms with Crippen molar-refractivity contribution in [2.24, 2.45) is 5.92 Å². The maximum atomic E-state index is 11.6. The van der Waals surface area contributed by atoms with Crippen molar-refractivity contribution in [2.75, 3.05) is 19.6 Å². The quantitative estimate of drug-likeness (QED) is 0.650. The summed E-state index contributed by atoms with van der Waals surface area (Å²) in [7, 11) is 0. The van der Waals surface area contributed by atoms with Crippen LogP contribution in [0.4, 0.5) is 0 Å². The van der Waals surface area contributed by atoms with Crippen molar-refractivity contribution < 1.29 is 9.59 Å². The Labute approximate surface area is 103 Å². The van der Waals surface area contributed by atoms with Gasteiger partial charge in [-0.3, -0.25) is 9.59 Å². The zero-order valence-corrected chi connectivity index (χ0v) is 10.9. The standard InChI is InChI=1S/C12H23N3O2/c1-12(2,3)15-11(17)8-14-10(16)6-9-4-5-13-7-9/h9,13H,4-8H2,1-3H3,(H,14,16)(H,15,17). The number of carbonyl (C=O) groups excluding carboxylic acids is 2. The second kappa shape index (κ2) is 6.00. The zero-order valence-electron chi connectivity index (χ0n) is 10.9. The highest BCUT2D eigenvalue weighted by Gasteiger charge is 2.19. The monoisotopic (exact) mass is 241 g/mol. The number of amides is 2. The van der Waals surface area contributed by atoms with Crippen LogP contribution in [0.3, 0.4) is 0 Å². The Morgan fingerprint density at radius 3 is 2.53 bits per heavy atom. The van der Waals surface area contributed by atoms with Crippen LogP contribution in [0.25, 0.3) is 0 Å². The zero-order chi connectivity index (χ0) is 12.9. The summed E-state index contributed by atoms with van der Waals surface area (Å²) < 4.78 is 0. The highest BCUT2D eigenvalue weighted by molar-refractivity contribution is 5.85. The summed E-state index contributed by atoms with van der Waals surface area (Å²) in [6, 6.07) is 0. The Balaban J connectivity index is 2.16. The van der Waals surface area contributed by atoms with Crippen molar-refractivity contribution in [3.8, 4) is 0 Å². The fraction of sp³-hybridized carbons (Fsp3) is 0.833. The second-order valence-electron chi connectivity index (χ2n) is 5.64. The molecule has 1 unspecified atom stereocenters. The molecule has 1 aliphatic rings. The maximum Gasteiger partial charge on any atom is 0.239 e. The second-order valence-corrected chi connectivity index (χ2v) is 5.64. The molecule has 0 aromatic carbocycles. The number of rotatable bonds is 4. The molecule has 1 fully saturated rings. The lowest BCUT2D eigenvalue weighted by molar-refractivity contribution is -0.127. The van der Waals surface area contributed by atoms with Crippen LogP contribution in [0.5, 0.6) is 0 Å². The molecule has 3 N–H and O–H groups in total. The molecule has 0 radical (unpaired) electrons. The van der Waals surface area contributed by atoms with Gasteiger partial charge < -0.3 is 16.0 Å². The number of carbonyl (C=O) groups is 2. The molecular weight excluding hydrogens is 218 g/mol. The van der Waals surface area contributed by atoms with Crippen LogP contribution in [-0.2, 0) is 9.59 Å². The minimum Gasteiger partial charge on any atom is -0.350 e. The first-order chi connectivity index (χ1) is 7.87. The third-order valence-electron chi connectivity index (χ3n) is 2.60. The van der Waals surface area contributed by atoms with Gasteiger partial charge in [-0.2, -0.15) is 0 Å². The predicted octanol–water partition coefficient (Wildman–Crippen LogP) is 0.0169. The van der Waals surface area contributed by atoms with Crippen LogP contribution in [0.2, 0.25) is 0 Å². The summed E-state index contributed by atoms with van der Waals surface area (Å²) in [6.45, 7) is 7.70. The average molecular weight is 241 g/mol. The summed E-state index contributed by atoms with van der Waals surface area (Å²) in [4.78, 5) is 23.0. The van der Waals surface area contributed by atoms with E-state index < -0.39 is 0 Å². The Kier molecular flexibility index (Phi) is 4.93. The fourth-order valence-electron chi connectivity index (χ4n) is 1.86. The number of hydrogen-bond donors (Lipinski definition) is 3. The molecule has 1 aliphatic heterocycles. The molecule has 0 aromatic heterocycles. The number of nitrogens with one attached hydrogen (secondary N) is 3. The molecule has 0 saturated carbocycles. The molecule has 0 aromatic rings. The summed E-state index contributed by atoms with van der Waals surface area (Å²) in [5.74, 6) is 0.235. The van der Waals surface area contributed by atoms with Gasteiger partial charge in [-0.25, -0.2) is 0 Å². The van der Waals surface area contributed by atoms with Crippen LogP contribution in [-0.4, -0.2) is 37.0 Å².